The number of likely N-dealkylation sites (N-methyl/N-ethyl adjacent to an activating group) is 2. The van der Waals surface area contributed by atoms with E-state index in [-0.39, 0.29) is 0 Å². The monoisotopic (exact) mass is 311 g/mol. The molecule has 0 bridgehead atoms. The van der Waals surface area contributed by atoms with Crippen LogP contribution < -0.4 is 5.73 Å². The van der Waals surface area contributed by atoms with Crippen molar-refractivity contribution in [3.05, 3.63) is 28.2 Å². The molecule has 1 aliphatic rings. The standard InChI is InChI=1S/C14H22BrN3/c1-17-7-3-4-13(10-17)18(2)9-11-5-6-12(15)8-14(11)16/h5-6,8,13H,3-4,7,9-10,16H2,1-2H3. The SMILES string of the molecule is CN1CCCC(N(C)Cc2ccc(Br)cc2N)C1. The molecule has 1 heterocycles. The Kier molecular flexibility index (Phi) is 4.65. The number of nitrogens with zero attached hydrogens (tertiary/aromatic N) is 2. The van der Waals surface area contributed by atoms with Gasteiger partial charge in [0, 0.05) is 29.3 Å². The molecule has 0 radical (unpaired) electrons. The van der Waals surface area contributed by atoms with Gasteiger partial charge in [0.25, 0.3) is 0 Å². The summed E-state index contributed by atoms with van der Waals surface area (Å²) in [5, 5.41) is 0. The summed E-state index contributed by atoms with van der Waals surface area (Å²) < 4.78 is 1.05. The van der Waals surface area contributed by atoms with Crippen LogP contribution in [-0.4, -0.2) is 43.0 Å². The van der Waals surface area contributed by atoms with Crippen LogP contribution in [0.25, 0.3) is 0 Å². The van der Waals surface area contributed by atoms with Gasteiger partial charge in [-0.2, -0.15) is 0 Å². The van der Waals surface area contributed by atoms with E-state index in [0.717, 1.165) is 23.2 Å². The van der Waals surface area contributed by atoms with Crippen LogP contribution in [-0.2, 0) is 6.54 Å². The second-order valence-corrected chi connectivity index (χ2v) is 6.23. The third-order valence-electron chi connectivity index (χ3n) is 3.75. The van der Waals surface area contributed by atoms with Crippen LogP contribution >= 0.6 is 15.9 Å². The average Bonchev–Trinajstić information content (AvgIpc) is 2.32. The van der Waals surface area contributed by atoms with Crippen molar-refractivity contribution in [3.8, 4) is 0 Å². The number of rotatable bonds is 3. The number of benzene rings is 1. The van der Waals surface area contributed by atoms with Crippen molar-refractivity contribution in [2.24, 2.45) is 0 Å². The van der Waals surface area contributed by atoms with Crippen molar-refractivity contribution in [2.45, 2.75) is 25.4 Å². The van der Waals surface area contributed by atoms with Crippen molar-refractivity contribution in [2.75, 3.05) is 32.9 Å². The predicted molar refractivity (Wildman–Crippen MR) is 80.5 cm³/mol. The topological polar surface area (TPSA) is 32.5 Å². The summed E-state index contributed by atoms with van der Waals surface area (Å²) in [6.07, 6.45) is 2.58. The molecule has 3 nitrogen and oxygen atoms in total. The van der Waals surface area contributed by atoms with E-state index in [2.05, 4.69) is 52.0 Å². The number of hydrogen-bond donors (Lipinski definition) is 1. The molecule has 0 aliphatic carbocycles. The van der Waals surface area contributed by atoms with Crippen molar-refractivity contribution in [3.63, 3.8) is 0 Å². The van der Waals surface area contributed by atoms with E-state index in [1.54, 1.807) is 0 Å². The second-order valence-electron chi connectivity index (χ2n) is 5.32. The number of nitrogens with two attached hydrogens (primary N) is 1. The molecule has 0 amide bonds. The van der Waals surface area contributed by atoms with Crippen LogP contribution in [0.3, 0.4) is 0 Å². The molecule has 1 aliphatic heterocycles. The highest BCUT2D eigenvalue weighted by molar-refractivity contribution is 9.10. The minimum absolute atomic E-state index is 0.645. The van der Waals surface area contributed by atoms with Gasteiger partial charge < -0.3 is 10.6 Å². The second kappa shape index (κ2) is 6.04. The van der Waals surface area contributed by atoms with Gasteiger partial charge in [0.05, 0.1) is 0 Å². The number of hydrogen-bond acceptors (Lipinski definition) is 3. The van der Waals surface area contributed by atoms with E-state index in [1.807, 2.05) is 6.07 Å². The van der Waals surface area contributed by atoms with Crippen LogP contribution in [0.15, 0.2) is 22.7 Å². The quantitative estimate of drug-likeness (QED) is 0.871. The summed E-state index contributed by atoms with van der Waals surface area (Å²) in [6, 6.07) is 6.80. The summed E-state index contributed by atoms with van der Waals surface area (Å²) >= 11 is 3.45. The highest BCUT2D eigenvalue weighted by Crippen LogP contribution is 2.22. The normalized spacial score (nSPS) is 21.4. The maximum atomic E-state index is 6.06. The van der Waals surface area contributed by atoms with E-state index in [1.165, 1.54) is 24.9 Å². The molecule has 4 heteroatoms. The molecule has 1 aromatic rings. The summed E-state index contributed by atoms with van der Waals surface area (Å²) in [4.78, 5) is 4.84. The lowest BCUT2D eigenvalue weighted by Crippen LogP contribution is -2.44. The van der Waals surface area contributed by atoms with Crippen LogP contribution in [0.1, 0.15) is 18.4 Å². The molecular weight excluding hydrogens is 290 g/mol. The molecule has 1 fully saturated rings. The Morgan fingerprint density at radius 3 is 2.94 bits per heavy atom. The Morgan fingerprint density at radius 2 is 2.28 bits per heavy atom. The molecule has 0 saturated carbocycles. The zero-order valence-electron chi connectivity index (χ0n) is 11.2. The molecule has 2 rings (SSSR count). The Balaban J connectivity index is 1.99. The maximum absolute atomic E-state index is 6.06. The van der Waals surface area contributed by atoms with Crippen molar-refractivity contribution in [1.29, 1.82) is 0 Å². The number of halogens is 1. The van der Waals surface area contributed by atoms with E-state index in [9.17, 15) is 0 Å². The average molecular weight is 312 g/mol. The van der Waals surface area contributed by atoms with E-state index in [4.69, 9.17) is 5.73 Å². The summed E-state index contributed by atoms with van der Waals surface area (Å²) in [5.41, 5.74) is 8.15. The summed E-state index contributed by atoms with van der Waals surface area (Å²) in [5.74, 6) is 0. The van der Waals surface area contributed by atoms with Gasteiger partial charge in [-0.05, 0) is 51.2 Å². The zero-order valence-corrected chi connectivity index (χ0v) is 12.8. The van der Waals surface area contributed by atoms with Crippen LogP contribution in [0.2, 0.25) is 0 Å². The van der Waals surface area contributed by atoms with Crippen LogP contribution in [0.4, 0.5) is 5.69 Å². The maximum Gasteiger partial charge on any atom is 0.0371 e. The lowest BCUT2D eigenvalue weighted by atomic mass is 10.0. The minimum atomic E-state index is 0.645. The van der Waals surface area contributed by atoms with Crippen LogP contribution in [0, 0.1) is 0 Å². The molecular formula is C14H22BrN3. The highest BCUT2D eigenvalue weighted by Gasteiger charge is 2.21. The molecule has 0 spiro atoms. The molecule has 1 aromatic carbocycles. The Bertz CT molecular complexity index is 408. The smallest absolute Gasteiger partial charge is 0.0371 e. The molecule has 1 unspecified atom stereocenters. The first-order valence-electron chi connectivity index (χ1n) is 6.49. The van der Waals surface area contributed by atoms with Gasteiger partial charge in [0.2, 0.25) is 0 Å². The van der Waals surface area contributed by atoms with Gasteiger partial charge in [-0.3, -0.25) is 4.90 Å². The number of piperidine rings is 1. The van der Waals surface area contributed by atoms with E-state index in [0.29, 0.717) is 6.04 Å². The van der Waals surface area contributed by atoms with E-state index >= 15 is 0 Å². The largest absolute Gasteiger partial charge is 0.398 e. The fraction of sp³-hybridized carbons (Fsp3) is 0.571. The Hall–Kier alpha value is -0.580. The van der Waals surface area contributed by atoms with Crippen LogP contribution in [0.5, 0.6) is 0 Å². The van der Waals surface area contributed by atoms with Gasteiger partial charge in [0.15, 0.2) is 0 Å². The van der Waals surface area contributed by atoms with Crippen molar-refractivity contribution >= 4 is 21.6 Å². The lowest BCUT2D eigenvalue weighted by Gasteiger charge is -2.36. The van der Waals surface area contributed by atoms with Crippen molar-refractivity contribution in [1.82, 2.24) is 9.80 Å². The van der Waals surface area contributed by atoms with Gasteiger partial charge in [-0.1, -0.05) is 22.0 Å². The molecule has 1 atom stereocenters. The molecule has 2 N–H and O–H groups in total. The zero-order chi connectivity index (χ0) is 13.1. The molecule has 18 heavy (non-hydrogen) atoms. The molecule has 0 aromatic heterocycles. The first-order chi connectivity index (χ1) is 8.56. The fourth-order valence-electron chi connectivity index (χ4n) is 2.61. The first-order valence-corrected chi connectivity index (χ1v) is 7.28. The lowest BCUT2D eigenvalue weighted by molar-refractivity contribution is 0.129. The van der Waals surface area contributed by atoms with E-state index < -0.39 is 0 Å². The number of anilines is 1. The molecule has 1 saturated heterocycles. The van der Waals surface area contributed by atoms with Gasteiger partial charge in [0.1, 0.15) is 0 Å². The third-order valence-corrected chi connectivity index (χ3v) is 4.24. The fourth-order valence-corrected chi connectivity index (χ4v) is 2.99. The third kappa shape index (κ3) is 3.46. The Morgan fingerprint density at radius 1 is 1.50 bits per heavy atom. The van der Waals surface area contributed by atoms with Crippen molar-refractivity contribution < 1.29 is 0 Å². The molecule has 100 valence electrons. The minimum Gasteiger partial charge on any atom is -0.398 e. The predicted octanol–water partition coefficient (Wildman–Crippen LogP) is 2.56. The summed E-state index contributed by atoms with van der Waals surface area (Å²) in [6.45, 7) is 3.31. The van der Waals surface area contributed by atoms with Gasteiger partial charge in [-0.25, -0.2) is 0 Å². The number of likely N-dealkylation sites (tertiary alicyclic amines) is 1. The number of nitrogen functional groups attached to an aromatic ring is 1. The van der Waals surface area contributed by atoms with Gasteiger partial charge in [-0.15, -0.1) is 0 Å². The Labute approximate surface area is 118 Å². The van der Waals surface area contributed by atoms with Gasteiger partial charge >= 0.3 is 0 Å². The summed E-state index contributed by atoms with van der Waals surface area (Å²) in [7, 11) is 4.40. The first kappa shape index (κ1) is 13.8. The highest BCUT2D eigenvalue weighted by atomic mass is 79.9.